The van der Waals surface area contributed by atoms with Gasteiger partial charge in [-0.3, -0.25) is 4.90 Å². The van der Waals surface area contributed by atoms with Gasteiger partial charge in [0.25, 0.3) is 0 Å². The molecule has 1 aromatic rings. The zero-order chi connectivity index (χ0) is 14.1. The van der Waals surface area contributed by atoms with Crippen LogP contribution in [0.5, 0.6) is 0 Å². The van der Waals surface area contributed by atoms with Crippen molar-refractivity contribution < 1.29 is 15.3 Å². The third kappa shape index (κ3) is 5.70. The van der Waals surface area contributed by atoms with Gasteiger partial charge in [0.05, 0.1) is 19.3 Å². The average molecular weight is 267 g/mol. The molecule has 0 bridgehead atoms. The molecule has 0 saturated heterocycles. The van der Waals surface area contributed by atoms with Gasteiger partial charge in [0.2, 0.25) is 0 Å². The molecule has 1 atom stereocenters. The van der Waals surface area contributed by atoms with Crippen LogP contribution in [0.4, 0.5) is 0 Å². The molecule has 0 aliphatic carbocycles. The maximum absolute atomic E-state index is 10.1. The largest absolute Gasteiger partial charge is 0.395 e. The van der Waals surface area contributed by atoms with Gasteiger partial charge >= 0.3 is 0 Å². The van der Waals surface area contributed by atoms with Crippen LogP contribution in [0.3, 0.4) is 0 Å². The first-order chi connectivity index (χ1) is 9.21. The van der Waals surface area contributed by atoms with Crippen LogP contribution < -0.4 is 0 Å². The van der Waals surface area contributed by atoms with Gasteiger partial charge in [-0.1, -0.05) is 31.2 Å². The van der Waals surface area contributed by atoms with E-state index in [1.165, 1.54) is 5.56 Å². The van der Waals surface area contributed by atoms with Gasteiger partial charge < -0.3 is 15.3 Å². The Balaban J connectivity index is 2.45. The number of rotatable bonds is 9. The first-order valence-corrected chi connectivity index (χ1v) is 6.92. The second-order valence-electron chi connectivity index (χ2n) is 4.69. The van der Waals surface area contributed by atoms with Crippen LogP contribution in [0.25, 0.3) is 0 Å². The van der Waals surface area contributed by atoms with Gasteiger partial charge in [0.15, 0.2) is 0 Å². The van der Waals surface area contributed by atoms with Crippen LogP contribution in [0.15, 0.2) is 24.3 Å². The molecule has 1 aromatic carbocycles. The summed E-state index contributed by atoms with van der Waals surface area (Å²) < 4.78 is 0. The van der Waals surface area contributed by atoms with Gasteiger partial charge in [-0.2, -0.15) is 0 Å². The molecule has 0 radical (unpaired) electrons. The summed E-state index contributed by atoms with van der Waals surface area (Å²) in [5.74, 6) is 0. The predicted molar refractivity (Wildman–Crippen MR) is 76.0 cm³/mol. The Hall–Kier alpha value is -0.940. The molecule has 108 valence electrons. The zero-order valence-electron chi connectivity index (χ0n) is 11.6. The second kappa shape index (κ2) is 9.04. The fourth-order valence-electron chi connectivity index (χ4n) is 2.07. The van der Waals surface area contributed by atoms with Crippen molar-refractivity contribution in [3.8, 4) is 0 Å². The molecule has 0 amide bonds. The highest BCUT2D eigenvalue weighted by Crippen LogP contribution is 2.17. The van der Waals surface area contributed by atoms with Crippen molar-refractivity contribution in [1.82, 2.24) is 4.90 Å². The summed E-state index contributed by atoms with van der Waals surface area (Å²) >= 11 is 0. The number of benzene rings is 1. The monoisotopic (exact) mass is 267 g/mol. The smallest absolute Gasteiger partial charge is 0.0802 e. The normalized spacial score (nSPS) is 12.9. The number of hydrogen-bond donors (Lipinski definition) is 3. The fourth-order valence-corrected chi connectivity index (χ4v) is 2.07. The van der Waals surface area contributed by atoms with E-state index in [9.17, 15) is 5.11 Å². The van der Waals surface area contributed by atoms with Crippen LogP contribution in [0.1, 0.15) is 30.6 Å². The molecular formula is C15H25NO3. The molecule has 0 aliphatic heterocycles. The van der Waals surface area contributed by atoms with Crippen LogP contribution >= 0.6 is 0 Å². The number of aliphatic hydroxyl groups excluding tert-OH is 3. The molecule has 0 aromatic heterocycles. The first kappa shape index (κ1) is 16.1. The van der Waals surface area contributed by atoms with E-state index in [0.717, 1.165) is 12.0 Å². The van der Waals surface area contributed by atoms with E-state index in [2.05, 4.69) is 6.92 Å². The lowest BCUT2D eigenvalue weighted by atomic mass is 10.0. The Morgan fingerprint density at radius 3 is 2.05 bits per heavy atom. The molecule has 1 unspecified atom stereocenters. The van der Waals surface area contributed by atoms with Crippen molar-refractivity contribution in [3.63, 3.8) is 0 Å². The minimum Gasteiger partial charge on any atom is -0.395 e. The lowest BCUT2D eigenvalue weighted by Crippen LogP contribution is -2.31. The van der Waals surface area contributed by atoms with Crippen LogP contribution in [-0.2, 0) is 6.42 Å². The summed E-state index contributed by atoms with van der Waals surface area (Å²) in [4.78, 5) is 1.95. The second-order valence-corrected chi connectivity index (χ2v) is 4.69. The highest BCUT2D eigenvalue weighted by Gasteiger charge is 2.10. The highest BCUT2D eigenvalue weighted by molar-refractivity contribution is 5.24. The summed E-state index contributed by atoms with van der Waals surface area (Å²) in [5, 5.41) is 28.0. The number of hydrogen-bond acceptors (Lipinski definition) is 4. The van der Waals surface area contributed by atoms with Crippen molar-refractivity contribution in [2.75, 3.05) is 32.8 Å². The summed E-state index contributed by atoms with van der Waals surface area (Å²) in [5.41, 5.74) is 2.18. The summed E-state index contributed by atoms with van der Waals surface area (Å²) in [6, 6.07) is 8.01. The highest BCUT2D eigenvalue weighted by atomic mass is 16.3. The van der Waals surface area contributed by atoms with E-state index < -0.39 is 6.10 Å². The summed E-state index contributed by atoms with van der Waals surface area (Å²) in [7, 11) is 0. The van der Waals surface area contributed by atoms with Gasteiger partial charge in [0.1, 0.15) is 0 Å². The standard InChI is InChI=1S/C15H25NO3/c1-2-13-3-5-14(6-4-13)15(19)7-8-16(9-11-17)10-12-18/h3-6,15,17-19H,2,7-12H2,1H3. The van der Waals surface area contributed by atoms with E-state index in [-0.39, 0.29) is 13.2 Å². The molecule has 0 saturated carbocycles. The predicted octanol–water partition coefficient (Wildman–Crippen LogP) is 0.959. The Kier molecular flexibility index (Phi) is 7.67. The number of aryl methyl sites for hydroxylation is 1. The van der Waals surface area contributed by atoms with Crippen molar-refractivity contribution in [1.29, 1.82) is 0 Å². The Bertz CT molecular complexity index is 334. The molecule has 0 fully saturated rings. The molecule has 0 spiro atoms. The molecular weight excluding hydrogens is 242 g/mol. The molecule has 1 rings (SSSR count). The summed E-state index contributed by atoms with van der Waals surface area (Å²) in [6.07, 6.45) is 1.11. The Morgan fingerprint density at radius 2 is 1.58 bits per heavy atom. The Morgan fingerprint density at radius 1 is 1.00 bits per heavy atom. The van der Waals surface area contributed by atoms with E-state index >= 15 is 0 Å². The van der Waals surface area contributed by atoms with Gasteiger partial charge in [0, 0.05) is 19.6 Å². The van der Waals surface area contributed by atoms with Gasteiger partial charge in [-0.25, -0.2) is 0 Å². The van der Waals surface area contributed by atoms with Crippen molar-refractivity contribution in [2.45, 2.75) is 25.9 Å². The SMILES string of the molecule is CCc1ccc(C(O)CCN(CCO)CCO)cc1. The van der Waals surface area contributed by atoms with E-state index in [4.69, 9.17) is 10.2 Å². The zero-order valence-corrected chi connectivity index (χ0v) is 11.6. The van der Waals surface area contributed by atoms with Crippen LogP contribution in [0.2, 0.25) is 0 Å². The van der Waals surface area contributed by atoms with E-state index in [0.29, 0.717) is 26.1 Å². The lowest BCUT2D eigenvalue weighted by Gasteiger charge is -2.21. The van der Waals surface area contributed by atoms with Crippen LogP contribution in [-0.4, -0.2) is 53.1 Å². The molecule has 4 heteroatoms. The summed E-state index contributed by atoms with van der Waals surface area (Å²) in [6.45, 7) is 3.97. The van der Waals surface area contributed by atoms with Crippen molar-refractivity contribution in [2.24, 2.45) is 0 Å². The minimum absolute atomic E-state index is 0.0707. The van der Waals surface area contributed by atoms with Crippen LogP contribution in [0, 0.1) is 0 Å². The Labute approximate surface area is 115 Å². The molecule has 19 heavy (non-hydrogen) atoms. The minimum atomic E-state index is -0.495. The molecule has 0 heterocycles. The first-order valence-electron chi connectivity index (χ1n) is 6.92. The average Bonchev–Trinajstić information content (AvgIpc) is 2.45. The van der Waals surface area contributed by atoms with Gasteiger partial charge in [-0.05, 0) is 24.0 Å². The third-order valence-electron chi connectivity index (χ3n) is 3.32. The van der Waals surface area contributed by atoms with E-state index in [1.807, 2.05) is 29.2 Å². The topological polar surface area (TPSA) is 63.9 Å². The quantitative estimate of drug-likeness (QED) is 0.623. The maximum Gasteiger partial charge on any atom is 0.0802 e. The number of nitrogens with zero attached hydrogens (tertiary/aromatic N) is 1. The maximum atomic E-state index is 10.1. The van der Waals surface area contributed by atoms with Crippen molar-refractivity contribution >= 4 is 0 Å². The number of aliphatic hydroxyl groups is 3. The molecule has 0 aliphatic rings. The fraction of sp³-hybridized carbons (Fsp3) is 0.600. The van der Waals surface area contributed by atoms with Gasteiger partial charge in [-0.15, -0.1) is 0 Å². The third-order valence-corrected chi connectivity index (χ3v) is 3.32. The molecule has 4 nitrogen and oxygen atoms in total. The lowest BCUT2D eigenvalue weighted by molar-refractivity contribution is 0.118. The molecule has 3 N–H and O–H groups in total. The van der Waals surface area contributed by atoms with Crippen molar-refractivity contribution in [3.05, 3.63) is 35.4 Å². The van der Waals surface area contributed by atoms with E-state index in [1.54, 1.807) is 0 Å².